The number of H-pyrrole nitrogens is 1. The zero-order valence-electron chi connectivity index (χ0n) is 13.5. The van der Waals surface area contributed by atoms with Gasteiger partial charge in [-0.1, -0.05) is 5.16 Å². The molecule has 2 aromatic rings. The van der Waals surface area contributed by atoms with E-state index in [2.05, 4.69) is 20.3 Å². The average molecular weight is 315 g/mol. The second kappa shape index (κ2) is 5.47. The van der Waals surface area contributed by atoms with Crippen molar-refractivity contribution in [3.05, 3.63) is 28.7 Å². The summed E-state index contributed by atoms with van der Waals surface area (Å²) in [5.41, 5.74) is 1.28. The number of rotatable bonds is 3. The van der Waals surface area contributed by atoms with Gasteiger partial charge in [-0.05, 0) is 39.5 Å². The van der Waals surface area contributed by atoms with Gasteiger partial charge in [-0.15, -0.1) is 0 Å². The minimum atomic E-state index is 0.0240. The Morgan fingerprint density at radius 2 is 1.91 bits per heavy atom. The summed E-state index contributed by atoms with van der Waals surface area (Å²) in [7, 11) is 0. The van der Waals surface area contributed by atoms with E-state index in [4.69, 9.17) is 4.52 Å². The van der Waals surface area contributed by atoms with Crippen molar-refractivity contribution < 1.29 is 9.32 Å². The highest BCUT2D eigenvalue weighted by atomic mass is 16.5. The second-order valence-corrected chi connectivity index (χ2v) is 6.62. The van der Waals surface area contributed by atoms with Crippen LogP contribution in [0.4, 0.5) is 0 Å². The van der Waals surface area contributed by atoms with Crippen molar-refractivity contribution in [1.29, 1.82) is 0 Å². The number of hydrogen-bond acceptors (Lipinski definition) is 5. The molecule has 0 spiro atoms. The Labute approximate surface area is 134 Å². The van der Waals surface area contributed by atoms with Crippen LogP contribution in [0.5, 0.6) is 0 Å². The lowest BCUT2D eigenvalue weighted by molar-refractivity contribution is 0.0708. The van der Waals surface area contributed by atoms with Crippen molar-refractivity contribution in [2.24, 2.45) is 0 Å². The zero-order chi connectivity index (χ0) is 16.0. The Balaban J connectivity index is 1.41. The fourth-order valence-corrected chi connectivity index (χ4v) is 3.30. The van der Waals surface area contributed by atoms with Crippen molar-refractivity contribution in [3.8, 4) is 0 Å². The van der Waals surface area contributed by atoms with Gasteiger partial charge in [-0.3, -0.25) is 9.89 Å². The first-order valence-electron chi connectivity index (χ1n) is 8.28. The third kappa shape index (κ3) is 2.64. The lowest BCUT2D eigenvalue weighted by atomic mass is 9.95. The zero-order valence-corrected chi connectivity index (χ0v) is 13.5. The van der Waals surface area contributed by atoms with Gasteiger partial charge in [-0.2, -0.15) is 5.10 Å². The van der Waals surface area contributed by atoms with E-state index in [-0.39, 0.29) is 5.91 Å². The normalized spacial score (nSPS) is 19.3. The summed E-state index contributed by atoms with van der Waals surface area (Å²) >= 11 is 0. The van der Waals surface area contributed by atoms with E-state index in [1.165, 1.54) is 12.8 Å². The minimum Gasteiger partial charge on any atom is -0.361 e. The molecule has 4 rings (SSSR count). The maximum atomic E-state index is 12.6. The van der Waals surface area contributed by atoms with Gasteiger partial charge in [-0.25, -0.2) is 4.98 Å². The van der Waals surface area contributed by atoms with Gasteiger partial charge in [0.1, 0.15) is 17.1 Å². The Hall–Kier alpha value is -2.18. The number of amides is 1. The third-order valence-corrected chi connectivity index (χ3v) is 4.88. The molecule has 0 atom stereocenters. The standard InChI is InChI=1S/C16H21N5O2/c1-9-13(10(2)23-20-9)16(22)21-7-5-12(6-8-21)15-17-14(18-19-15)11-3-4-11/h11-12H,3-8H2,1-2H3,(H,17,18,19). The van der Waals surface area contributed by atoms with E-state index in [1.54, 1.807) is 6.92 Å². The molecule has 0 radical (unpaired) electrons. The first-order valence-corrected chi connectivity index (χ1v) is 8.28. The molecule has 2 aliphatic rings. The fraction of sp³-hybridized carbons (Fsp3) is 0.625. The van der Waals surface area contributed by atoms with Crippen LogP contribution in [0.25, 0.3) is 0 Å². The lowest BCUT2D eigenvalue weighted by Crippen LogP contribution is -2.38. The Kier molecular flexibility index (Phi) is 3.43. The van der Waals surface area contributed by atoms with Crippen molar-refractivity contribution in [2.45, 2.75) is 51.4 Å². The molecule has 1 aliphatic carbocycles. The molecule has 23 heavy (non-hydrogen) atoms. The highest BCUT2D eigenvalue weighted by Crippen LogP contribution is 2.38. The number of hydrogen-bond donors (Lipinski definition) is 1. The molecule has 1 amide bonds. The molecule has 122 valence electrons. The predicted molar refractivity (Wildman–Crippen MR) is 82.2 cm³/mol. The molecule has 0 unspecified atom stereocenters. The van der Waals surface area contributed by atoms with Crippen LogP contribution in [-0.2, 0) is 0 Å². The predicted octanol–water partition coefficient (Wildman–Crippen LogP) is 2.31. The van der Waals surface area contributed by atoms with Crippen LogP contribution in [0.3, 0.4) is 0 Å². The topological polar surface area (TPSA) is 87.9 Å². The molecule has 2 fully saturated rings. The average Bonchev–Trinajstić information content (AvgIpc) is 3.20. The van der Waals surface area contributed by atoms with Crippen molar-refractivity contribution in [2.75, 3.05) is 13.1 Å². The number of carbonyl (C=O) groups excluding carboxylic acids is 1. The molecule has 1 N–H and O–H groups in total. The molecule has 7 heteroatoms. The van der Waals surface area contributed by atoms with E-state index in [9.17, 15) is 4.79 Å². The van der Waals surface area contributed by atoms with Crippen molar-refractivity contribution >= 4 is 5.91 Å². The van der Waals surface area contributed by atoms with Gasteiger partial charge in [0.25, 0.3) is 5.91 Å². The van der Waals surface area contributed by atoms with E-state index < -0.39 is 0 Å². The molecule has 1 saturated heterocycles. The van der Waals surface area contributed by atoms with E-state index in [1.807, 2.05) is 11.8 Å². The number of carbonyl (C=O) groups is 1. The summed E-state index contributed by atoms with van der Waals surface area (Å²) in [4.78, 5) is 19.2. The van der Waals surface area contributed by atoms with Gasteiger partial charge in [0.05, 0.1) is 5.69 Å². The summed E-state index contributed by atoms with van der Waals surface area (Å²) in [5.74, 6) is 3.50. The molecular formula is C16H21N5O2. The summed E-state index contributed by atoms with van der Waals surface area (Å²) in [6, 6.07) is 0. The van der Waals surface area contributed by atoms with Crippen LogP contribution >= 0.6 is 0 Å². The molecule has 2 aromatic heterocycles. The first kappa shape index (κ1) is 14.4. The number of aromatic nitrogens is 4. The molecule has 0 bridgehead atoms. The van der Waals surface area contributed by atoms with Crippen LogP contribution < -0.4 is 0 Å². The van der Waals surface area contributed by atoms with Crippen LogP contribution in [0, 0.1) is 13.8 Å². The van der Waals surface area contributed by atoms with Crippen molar-refractivity contribution in [1.82, 2.24) is 25.2 Å². The molecule has 1 saturated carbocycles. The summed E-state index contributed by atoms with van der Waals surface area (Å²) < 4.78 is 5.11. The number of aryl methyl sites for hydroxylation is 2. The van der Waals surface area contributed by atoms with Gasteiger partial charge >= 0.3 is 0 Å². The van der Waals surface area contributed by atoms with Gasteiger partial charge in [0, 0.05) is 24.9 Å². The van der Waals surface area contributed by atoms with Crippen LogP contribution in [0.15, 0.2) is 4.52 Å². The Bertz CT molecular complexity index is 703. The SMILES string of the molecule is Cc1noc(C)c1C(=O)N1CCC(c2nc(C3CC3)n[nH]2)CC1. The number of likely N-dealkylation sites (tertiary alicyclic amines) is 1. The highest BCUT2D eigenvalue weighted by molar-refractivity contribution is 5.96. The minimum absolute atomic E-state index is 0.0240. The molecule has 3 heterocycles. The Morgan fingerprint density at radius 1 is 1.17 bits per heavy atom. The van der Waals surface area contributed by atoms with Gasteiger partial charge in [0.15, 0.2) is 5.82 Å². The fourth-order valence-electron chi connectivity index (χ4n) is 3.30. The molecule has 7 nitrogen and oxygen atoms in total. The first-order chi connectivity index (χ1) is 11.1. The van der Waals surface area contributed by atoms with Gasteiger partial charge in [0.2, 0.25) is 0 Å². The summed E-state index contributed by atoms with van der Waals surface area (Å²) in [6.07, 6.45) is 4.24. The van der Waals surface area contributed by atoms with E-state index in [0.717, 1.165) is 37.6 Å². The number of nitrogens with zero attached hydrogens (tertiary/aromatic N) is 4. The van der Waals surface area contributed by atoms with Gasteiger partial charge < -0.3 is 9.42 Å². The molecule has 0 aromatic carbocycles. The summed E-state index contributed by atoms with van der Waals surface area (Å²) in [5, 5.41) is 11.3. The third-order valence-electron chi connectivity index (χ3n) is 4.88. The largest absolute Gasteiger partial charge is 0.361 e. The quantitative estimate of drug-likeness (QED) is 0.939. The second-order valence-electron chi connectivity index (χ2n) is 6.62. The Morgan fingerprint density at radius 3 is 2.52 bits per heavy atom. The number of nitrogens with one attached hydrogen (secondary N) is 1. The maximum absolute atomic E-state index is 12.6. The lowest BCUT2D eigenvalue weighted by Gasteiger charge is -2.30. The van der Waals surface area contributed by atoms with Crippen LogP contribution in [0.2, 0.25) is 0 Å². The monoisotopic (exact) mass is 315 g/mol. The van der Waals surface area contributed by atoms with Crippen LogP contribution in [0.1, 0.15) is 71.0 Å². The number of piperidine rings is 1. The maximum Gasteiger partial charge on any atom is 0.259 e. The highest BCUT2D eigenvalue weighted by Gasteiger charge is 2.31. The summed E-state index contributed by atoms with van der Waals surface area (Å²) in [6.45, 7) is 5.05. The smallest absolute Gasteiger partial charge is 0.259 e. The van der Waals surface area contributed by atoms with E-state index in [0.29, 0.717) is 28.9 Å². The number of aromatic amines is 1. The van der Waals surface area contributed by atoms with Crippen molar-refractivity contribution in [3.63, 3.8) is 0 Å². The molecular weight excluding hydrogens is 294 g/mol. The van der Waals surface area contributed by atoms with Crippen LogP contribution in [-0.4, -0.2) is 44.2 Å². The van der Waals surface area contributed by atoms with E-state index >= 15 is 0 Å². The molecule has 1 aliphatic heterocycles.